The first-order valence-corrected chi connectivity index (χ1v) is 9.07. The molecule has 1 saturated heterocycles. The van der Waals surface area contributed by atoms with E-state index in [2.05, 4.69) is 30.8 Å². The minimum atomic E-state index is -3.35. The molecule has 0 aromatic rings. The van der Waals surface area contributed by atoms with Crippen LogP contribution in [0.1, 0.15) is 53.9 Å². The lowest BCUT2D eigenvalue weighted by Crippen LogP contribution is -2.54. The molecule has 2 N–H and O–H groups in total. The largest absolute Gasteiger partial charge is 0.310 e. The van der Waals surface area contributed by atoms with E-state index in [0.717, 1.165) is 19.3 Å². The Kier molecular flexibility index (Phi) is 6.44. The quantitative estimate of drug-likeness (QED) is 0.785. The SMILES string of the molecule is CC(C)CNS(=O)(=O)N1CCCCC1CNC(C)(C)C. The summed E-state index contributed by atoms with van der Waals surface area (Å²) in [5.41, 5.74) is 0.0121. The molecule has 120 valence electrons. The van der Waals surface area contributed by atoms with E-state index >= 15 is 0 Å². The number of nitrogens with one attached hydrogen (secondary N) is 2. The van der Waals surface area contributed by atoms with Crippen molar-refractivity contribution >= 4 is 10.2 Å². The number of rotatable bonds is 6. The summed E-state index contributed by atoms with van der Waals surface area (Å²) in [5, 5.41) is 3.42. The van der Waals surface area contributed by atoms with Crippen LogP contribution in [0.15, 0.2) is 0 Å². The Balaban J connectivity index is 2.67. The molecule has 1 rings (SSSR count). The lowest BCUT2D eigenvalue weighted by atomic mass is 10.0. The van der Waals surface area contributed by atoms with Crippen LogP contribution in [-0.2, 0) is 10.2 Å². The van der Waals surface area contributed by atoms with Gasteiger partial charge >= 0.3 is 0 Å². The standard InChI is InChI=1S/C14H31N3O2S/c1-12(2)10-16-20(18,19)17-9-7-6-8-13(17)11-15-14(3,4)5/h12-13,15-16H,6-11H2,1-5H3. The van der Waals surface area contributed by atoms with Crippen molar-refractivity contribution < 1.29 is 8.42 Å². The zero-order chi connectivity index (χ0) is 15.4. The van der Waals surface area contributed by atoms with Gasteiger partial charge in [-0.15, -0.1) is 0 Å². The second kappa shape index (κ2) is 7.20. The molecule has 0 aromatic heterocycles. The van der Waals surface area contributed by atoms with E-state index in [0.29, 0.717) is 25.6 Å². The molecule has 0 amide bonds. The molecule has 1 atom stereocenters. The summed E-state index contributed by atoms with van der Waals surface area (Å²) in [6, 6.07) is 0.0626. The van der Waals surface area contributed by atoms with Crippen LogP contribution in [0.25, 0.3) is 0 Å². The Morgan fingerprint density at radius 1 is 1.25 bits per heavy atom. The molecule has 0 aliphatic carbocycles. The van der Waals surface area contributed by atoms with Crippen molar-refractivity contribution in [3.8, 4) is 0 Å². The molecule has 6 heteroatoms. The summed E-state index contributed by atoms with van der Waals surface area (Å²) in [7, 11) is -3.35. The summed E-state index contributed by atoms with van der Waals surface area (Å²) in [5.74, 6) is 0.320. The van der Waals surface area contributed by atoms with Crippen LogP contribution < -0.4 is 10.0 Å². The molecule has 0 spiro atoms. The summed E-state index contributed by atoms with van der Waals surface area (Å²) in [6.45, 7) is 12.2. The van der Waals surface area contributed by atoms with Crippen LogP contribution in [-0.4, -0.2) is 43.9 Å². The average Bonchev–Trinajstić information content (AvgIpc) is 2.33. The number of hydrogen-bond donors (Lipinski definition) is 2. The van der Waals surface area contributed by atoms with E-state index in [1.807, 2.05) is 13.8 Å². The molecule has 0 aromatic carbocycles. The lowest BCUT2D eigenvalue weighted by Gasteiger charge is -2.36. The van der Waals surface area contributed by atoms with Crippen molar-refractivity contribution in [2.24, 2.45) is 5.92 Å². The molecule has 1 aliphatic heterocycles. The Morgan fingerprint density at radius 2 is 1.90 bits per heavy atom. The predicted octanol–water partition coefficient (Wildman–Crippen LogP) is 1.72. The van der Waals surface area contributed by atoms with Crippen LogP contribution in [0, 0.1) is 5.92 Å². The molecule has 0 radical (unpaired) electrons. The summed E-state index contributed by atoms with van der Waals surface area (Å²) in [4.78, 5) is 0. The fraction of sp³-hybridized carbons (Fsp3) is 1.00. The third-order valence-corrected chi connectivity index (χ3v) is 5.05. The highest BCUT2D eigenvalue weighted by atomic mass is 32.2. The molecule has 1 fully saturated rings. The van der Waals surface area contributed by atoms with Crippen molar-refractivity contribution in [1.82, 2.24) is 14.3 Å². The maximum absolute atomic E-state index is 12.4. The number of hydrogen-bond acceptors (Lipinski definition) is 3. The normalized spacial score (nSPS) is 22.4. The molecule has 1 aliphatic rings. The zero-order valence-electron chi connectivity index (χ0n) is 13.6. The van der Waals surface area contributed by atoms with E-state index in [9.17, 15) is 8.42 Å². The van der Waals surface area contributed by atoms with Gasteiger partial charge in [0.05, 0.1) is 0 Å². The molecule has 1 heterocycles. The van der Waals surface area contributed by atoms with Crippen LogP contribution >= 0.6 is 0 Å². The Labute approximate surface area is 124 Å². The maximum Gasteiger partial charge on any atom is 0.279 e. The third-order valence-electron chi connectivity index (χ3n) is 3.42. The maximum atomic E-state index is 12.4. The molecule has 20 heavy (non-hydrogen) atoms. The average molecular weight is 305 g/mol. The van der Waals surface area contributed by atoms with E-state index in [1.54, 1.807) is 4.31 Å². The van der Waals surface area contributed by atoms with Crippen molar-refractivity contribution in [3.63, 3.8) is 0 Å². The number of nitrogens with zero attached hydrogens (tertiary/aromatic N) is 1. The molecule has 5 nitrogen and oxygen atoms in total. The van der Waals surface area contributed by atoms with Gasteiger partial charge in [0, 0.05) is 31.2 Å². The molecular weight excluding hydrogens is 274 g/mol. The first-order valence-electron chi connectivity index (χ1n) is 7.63. The molecule has 1 unspecified atom stereocenters. The van der Waals surface area contributed by atoms with Gasteiger partial charge < -0.3 is 5.32 Å². The first kappa shape index (κ1) is 17.9. The second-order valence-electron chi connectivity index (χ2n) is 7.14. The Bertz CT molecular complexity index is 388. The Hall–Kier alpha value is -0.170. The van der Waals surface area contributed by atoms with Crippen LogP contribution in [0.3, 0.4) is 0 Å². The minimum absolute atomic E-state index is 0.0121. The van der Waals surface area contributed by atoms with Crippen LogP contribution in [0.4, 0.5) is 0 Å². The summed E-state index contributed by atoms with van der Waals surface area (Å²) < 4.78 is 29.2. The number of piperidine rings is 1. The topological polar surface area (TPSA) is 61.4 Å². The first-order chi connectivity index (χ1) is 9.12. The van der Waals surface area contributed by atoms with Crippen LogP contribution in [0.5, 0.6) is 0 Å². The van der Waals surface area contributed by atoms with Gasteiger partial charge in [0.25, 0.3) is 10.2 Å². The molecular formula is C14H31N3O2S. The zero-order valence-corrected chi connectivity index (χ0v) is 14.4. The van der Waals surface area contributed by atoms with Gasteiger partial charge in [-0.05, 0) is 39.5 Å². The van der Waals surface area contributed by atoms with Gasteiger partial charge in [0.1, 0.15) is 0 Å². The van der Waals surface area contributed by atoms with E-state index in [1.165, 1.54) is 0 Å². The lowest BCUT2D eigenvalue weighted by molar-refractivity contribution is 0.228. The highest BCUT2D eigenvalue weighted by molar-refractivity contribution is 7.87. The Morgan fingerprint density at radius 3 is 2.45 bits per heavy atom. The monoisotopic (exact) mass is 305 g/mol. The summed E-state index contributed by atoms with van der Waals surface area (Å²) in [6.07, 6.45) is 2.99. The van der Waals surface area contributed by atoms with Crippen molar-refractivity contribution in [2.45, 2.75) is 65.5 Å². The minimum Gasteiger partial charge on any atom is -0.310 e. The predicted molar refractivity (Wildman–Crippen MR) is 83.9 cm³/mol. The smallest absolute Gasteiger partial charge is 0.279 e. The highest BCUT2D eigenvalue weighted by Gasteiger charge is 2.32. The summed E-state index contributed by atoms with van der Waals surface area (Å²) >= 11 is 0. The fourth-order valence-electron chi connectivity index (χ4n) is 2.27. The van der Waals surface area contributed by atoms with Crippen molar-refractivity contribution in [1.29, 1.82) is 0 Å². The van der Waals surface area contributed by atoms with Gasteiger partial charge in [-0.2, -0.15) is 12.7 Å². The van der Waals surface area contributed by atoms with Crippen molar-refractivity contribution in [2.75, 3.05) is 19.6 Å². The molecule has 0 bridgehead atoms. The van der Waals surface area contributed by atoms with E-state index in [-0.39, 0.29) is 11.6 Å². The van der Waals surface area contributed by atoms with Gasteiger partial charge in [0.15, 0.2) is 0 Å². The van der Waals surface area contributed by atoms with E-state index in [4.69, 9.17) is 0 Å². The second-order valence-corrected chi connectivity index (χ2v) is 8.85. The van der Waals surface area contributed by atoms with Gasteiger partial charge in [-0.25, -0.2) is 4.72 Å². The van der Waals surface area contributed by atoms with E-state index < -0.39 is 10.2 Å². The third kappa shape index (κ3) is 6.08. The highest BCUT2D eigenvalue weighted by Crippen LogP contribution is 2.20. The molecule has 0 saturated carbocycles. The van der Waals surface area contributed by atoms with Crippen LogP contribution in [0.2, 0.25) is 0 Å². The fourth-order valence-corrected chi connectivity index (χ4v) is 3.93. The van der Waals surface area contributed by atoms with Gasteiger partial charge in [-0.1, -0.05) is 20.3 Å². The van der Waals surface area contributed by atoms with Gasteiger partial charge in [0.2, 0.25) is 0 Å². The van der Waals surface area contributed by atoms with Crippen molar-refractivity contribution in [3.05, 3.63) is 0 Å². The van der Waals surface area contributed by atoms with Gasteiger partial charge in [-0.3, -0.25) is 0 Å².